The lowest BCUT2D eigenvalue weighted by Crippen LogP contribution is -2.34. The van der Waals surface area contributed by atoms with Gasteiger partial charge in [0.05, 0.1) is 18.4 Å². The Morgan fingerprint density at radius 3 is 2.38 bits per heavy atom. The molecule has 0 saturated heterocycles. The van der Waals surface area contributed by atoms with Crippen LogP contribution in [-0.4, -0.2) is 30.4 Å². The summed E-state index contributed by atoms with van der Waals surface area (Å²) in [6, 6.07) is 8.78. The van der Waals surface area contributed by atoms with E-state index >= 15 is 0 Å². The van der Waals surface area contributed by atoms with E-state index in [0.717, 1.165) is 5.75 Å². The van der Waals surface area contributed by atoms with Crippen LogP contribution in [0, 0.1) is 0 Å². The highest BCUT2D eigenvalue weighted by Crippen LogP contribution is 2.25. The lowest BCUT2D eigenvalue weighted by molar-refractivity contribution is -0.148. The molecule has 1 rings (SSSR count). The molecule has 0 aliphatic rings. The second kappa shape index (κ2) is 8.85. The highest BCUT2D eigenvalue weighted by atomic mass is 31.1. The van der Waals surface area contributed by atoms with Crippen molar-refractivity contribution in [1.82, 2.24) is 5.09 Å². The smallest absolute Gasteiger partial charge is 0.323 e. The quantitative estimate of drug-likeness (QED) is 0.590. The van der Waals surface area contributed by atoms with Crippen LogP contribution in [0.4, 0.5) is 0 Å². The second-order valence-electron chi connectivity index (χ2n) is 5.24. The van der Waals surface area contributed by atoms with Crippen LogP contribution in [0.3, 0.4) is 0 Å². The molecule has 118 valence electrons. The van der Waals surface area contributed by atoms with Crippen molar-refractivity contribution in [2.75, 3.05) is 6.61 Å². The Bertz CT molecular complexity index is 464. The van der Waals surface area contributed by atoms with Gasteiger partial charge in [-0.1, -0.05) is 25.1 Å². The van der Waals surface area contributed by atoms with Gasteiger partial charge in [0.25, 0.3) is 0 Å². The third-order valence-electron chi connectivity index (χ3n) is 2.75. The fourth-order valence-corrected chi connectivity index (χ4v) is 2.63. The standard InChI is InChI=1S/C15H24NO4P/c1-11(2)20-15(17)13(4)16-21(18)12(3)10-19-14-8-6-5-7-9-14/h5-9,11-13,21H,10H2,1-4H3,(H,16,18)/t12?,13-/m1/s1. The van der Waals surface area contributed by atoms with E-state index in [4.69, 9.17) is 9.47 Å². The van der Waals surface area contributed by atoms with E-state index in [9.17, 15) is 9.36 Å². The molecule has 1 aromatic rings. The van der Waals surface area contributed by atoms with Crippen LogP contribution in [0.5, 0.6) is 5.75 Å². The van der Waals surface area contributed by atoms with Crippen LogP contribution in [0.1, 0.15) is 27.7 Å². The molecule has 0 saturated carbocycles. The molecule has 0 bridgehead atoms. The maximum absolute atomic E-state index is 12.2. The molecule has 1 N–H and O–H groups in total. The second-order valence-corrected chi connectivity index (χ2v) is 7.24. The van der Waals surface area contributed by atoms with Gasteiger partial charge in [0.2, 0.25) is 0 Å². The first kappa shape index (κ1) is 17.7. The fraction of sp³-hybridized carbons (Fsp3) is 0.533. The zero-order chi connectivity index (χ0) is 15.8. The first-order valence-electron chi connectivity index (χ1n) is 7.09. The molecule has 0 aliphatic heterocycles. The van der Waals surface area contributed by atoms with Crippen LogP contribution in [0.25, 0.3) is 0 Å². The molecule has 2 unspecified atom stereocenters. The van der Waals surface area contributed by atoms with Crippen molar-refractivity contribution in [3.8, 4) is 5.75 Å². The van der Waals surface area contributed by atoms with Gasteiger partial charge in [-0.05, 0) is 32.9 Å². The van der Waals surface area contributed by atoms with Crippen LogP contribution in [0.15, 0.2) is 30.3 Å². The highest BCUT2D eigenvalue weighted by Gasteiger charge is 2.20. The number of para-hydroxylation sites is 1. The monoisotopic (exact) mass is 313 g/mol. The Morgan fingerprint density at radius 2 is 1.81 bits per heavy atom. The van der Waals surface area contributed by atoms with Crippen molar-refractivity contribution in [2.24, 2.45) is 0 Å². The summed E-state index contributed by atoms with van der Waals surface area (Å²) in [5.41, 5.74) is -0.176. The summed E-state index contributed by atoms with van der Waals surface area (Å²) in [4.78, 5) is 11.7. The third-order valence-corrected chi connectivity index (χ3v) is 4.53. The molecule has 3 atom stereocenters. The largest absolute Gasteiger partial charge is 0.493 e. The van der Waals surface area contributed by atoms with E-state index in [0.29, 0.717) is 6.61 Å². The number of nitrogens with one attached hydrogen (secondary N) is 1. The first-order chi connectivity index (χ1) is 9.90. The minimum absolute atomic E-state index is 0.176. The summed E-state index contributed by atoms with van der Waals surface area (Å²) in [5, 5.41) is 2.81. The molecular formula is C15H24NO4P. The predicted octanol–water partition coefficient (Wildman–Crippen LogP) is 2.86. The minimum atomic E-state index is -2.14. The Morgan fingerprint density at radius 1 is 1.19 bits per heavy atom. The van der Waals surface area contributed by atoms with Crippen molar-refractivity contribution in [1.29, 1.82) is 0 Å². The summed E-state index contributed by atoms with van der Waals surface area (Å²) in [7, 11) is -2.14. The lowest BCUT2D eigenvalue weighted by atomic mass is 10.3. The molecule has 0 aromatic heterocycles. The number of rotatable bonds is 8. The number of hydrogen-bond donors (Lipinski definition) is 1. The zero-order valence-electron chi connectivity index (χ0n) is 13.0. The topological polar surface area (TPSA) is 64.6 Å². The molecule has 21 heavy (non-hydrogen) atoms. The summed E-state index contributed by atoms with van der Waals surface area (Å²) >= 11 is 0. The SMILES string of the molecule is CC(C)OC(=O)[C@@H](C)N[PH](=O)C(C)COc1ccccc1. The van der Waals surface area contributed by atoms with Gasteiger partial charge < -0.3 is 14.0 Å². The summed E-state index contributed by atoms with van der Waals surface area (Å²) in [6.45, 7) is 7.38. The summed E-state index contributed by atoms with van der Waals surface area (Å²) in [6.07, 6.45) is -0.178. The van der Waals surface area contributed by atoms with Gasteiger partial charge in [0.1, 0.15) is 19.7 Å². The third kappa shape index (κ3) is 6.78. The van der Waals surface area contributed by atoms with Crippen molar-refractivity contribution < 1.29 is 18.8 Å². The van der Waals surface area contributed by atoms with Gasteiger partial charge >= 0.3 is 5.97 Å². The van der Waals surface area contributed by atoms with E-state index in [1.54, 1.807) is 20.8 Å². The zero-order valence-corrected chi connectivity index (χ0v) is 14.0. The van der Waals surface area contributed by atoms with Crippen molar-refractivity contribution >= 4 is 13.9 Å². The minimum Gasteiger partial charge on any atom is -0.493 e. The van der Waals surface area contributed by atoms with E-state index in [1.165, 1.54) is 0 Å². The average molecular weight is 313 g/mol. The fourth-order valence-electron chi connectivity index (χ4n) is 1.56. The normalized spacial score (nSPS) is 15.3. The molecule has 0 aliphatic carbocycles. The number of benzene rings is 1. The number of carbonyl (C=O) groups excluding carboxylic acids is 1. The summed E-state index contributed by atoms with van der Waals surface area (Å²) in [5.74, 6) is 0.353. The first-order valence-corrected chi connectivity index (χ1v) is 8.57. The molecule has 6 heteroatoms. The van der Waals surface area contributed by atoms with Gasteiger partial charge in [-0.3, -0.25) is 9.88 Å². The number of hydrogen-bond acceptors (Lipinski definition) is 4. The maximum Gasteiger partial charge on any atom is 0.323 e. The molecule has 0 heterocycles. The molecular weight excluding hydrogens is 289 g/mol. The van der Waals surface area contributed by atoms with Crippen LogP contribution < -0.4 is 9.82 Å². The van der Waals surface area contributed by atoms with Crippen molar-refractivity contribution in [2.45, 2.75) is 45.5 Å². The van der Waals surface area contributed by atoms with Gasteiger partial charge in [0.15, 0.2) is 0 Å². The van der Waals surface area contributed by atoms with E-state index in [-0.39, 0.29) is 17.7 Å². The van der Waals surface area contributed by atoms with Gasteiger partial charge in [-0.25, -0.2) is 0 Å². The summed E-state index contributed by atoms with van der Waals surface area (Å²) < 4.78 is 22.8. The highest BCUT2D eigenvalue weighted by molar-refractivity contribution is 7.43. The Hall–Kier alpha value is -1.32. The van der Waals surface area contributed by atoms with Crippen LogP contribution >= 0.6 is 7.95 Å². The van der Waals surface area contributed by atoms with E-state index < -0.39 is 14.0 Å². The molecule has 0 amide bonds. The van der Waals surface area contributed by atoms with Crippen LogP contribution in [-0.2, 0) is 14.1 Å². The Kier molecular flexibility index (Phi) is 7.48. The van der Waals surface area contributed by atoms with Crippen molar-refractivity contribution in [3.63, 3.8) is 0 Å². The molecule has 0 spiro atoms. The predicted molar refractivity (Wildman–Crippen MR) is 84.2 cm³/mol. The van der Waals surface area contributed by atoms with Crippen molar-refractivity contribution in [3.05, 3.63) is 30.3 Å². The number of ether oxygens (including phenoxy) is 2. The maximum atomic E-state index is 12.2. The molecule has 0 radical (unpaired) electrons. The Labute approximate surface area is 126 Å². The van der Waals surface area contributed by atoms with Gasteiger partial charge in [-0.2, -0.15) is 0 Å². The lowest BCUT2D eigenvalue weighted by Gasteiger charge is -2.18. The number of carbonyl (C=O) groups is 1. The average Bonchev–Trinajstić information content (AvgIpc) is 2.44. The Balaban J connectivity index is 2.38. The van der Waals surface area contributed by atoms with Gasteiger partial charge in [0, 0.05) is 0 Å². The van der Waals surface area contributed by atoms with Gasteiger partial charge in [-0.15, -0.1) is 0 Å². The molecule has 1 aromatic carbocycles. The van der Waals surface area contributed by atoms with E-state index in [1.807, 2.05) is 37.3 Å². The number of esters is 1. The molecule has 5 nitrogen and oxygen atoms in total. The van der Waals surface area contributed by atoms with E-state index in [2.05, 4.69) is 5.09 Å². The van der Waals surface area contributed by atoms with Crippen LogP contribution in [0.2, 0.25) is 0 Å². The molecule has 0 fully saturated rings.